The molecule has 21 heavy (non-hydrogen) atoms. The third-order valence-electron chi connectivity index (χ3n) is 3.13. The minimum atomic E-state index is -0.578. The van der Waals surface area contributed by atoms with Crippen LogP contribution in [0.25, 0.3) is 0 Å². The topological polar surface area (TPSA) is 29.3 Å². The third kappa shape index (κ3) is 4.49. The highest BCUT2D eigenvalue weighted by atomic mass is 32.1. The van der Waals surface area contributed by atoms with E-state index in [2.05, 4.69) is 0 Å². The number of hydrogen-bond acceptors (Lipinski definition) is 2. The summed E-state index contributed by atoms with van der Waals surface area (Å²) in [5.74, 6) is -1.13. The molecule has 110 valence electrons. The molecule has 2 nitrogen and oxygen atoms in total. The molecule has 0 aromatic heterocycles. The SMILES string of the molecule is NC(=S)CCN(Cc1ccc(F)cc1F)c1ccccc1. The molecule has 0 heterocycles. The molecule has 2 aromatic rings. The molecule has 0 aliphatic carbocycles. The van der Waals surface area contributed by atoms with Gasteiger partial charge in [0.25, 0.3) is 0 Å². The summed E-state index contributed by atoms with van der Waals surface area (Å²) in [6, 6.07) is 13.2. The summed E-state index contributed by atoms with van der Waals surface area (Å²) in [5.41, 5.74) is 6.92. The molecule has 2 aromatic carbocycles. The summed E-state index contributed by atoms with van der Waals surface area (Å²) >= 11 is 4.90. The number of nitrogens with zero attached hydrogens (tertiary/aromatic N) is 1. The third-order valence-corrected chi connectivity index (χ3v) is 3.33. The van der Waals surface area contributed by atoms with Crippen LogP contribution in [0.2, 0.25) is 0 Å². The van der Waals surface area contributed by atoms with Gasteiger partial charge in [-0.15, -0.1) is 0 Å². The van der Waals surface area contributed by atoms with Crippen LogP contribution in [0.3, 0.4) is 0 Å². The van der Waals surface area contributed by atoms with Gasteiger partial charge >= 0.3 is 0 Å². The highest BCUT2D eigenvalue weighted by Crippen LogP contribution is 2.19. The van der Waals surface area contributed by atoms with Crippen LogP contribution in [0.1, 0.15) is 12.0 Å². The van der Waals surface area contributed by atoms with Crippen molar-refractivity contribution < 1.29 is 8.78 Å². The Bertz CT molecular complexity index is 617. The van der Waals surface area contributed by atoms with Gasteiger partial charge in [0, 0.05) is 36.8 Å². The monoisotopic (exact) mass is 306 g/mol. The summed E-state index contributed by atoms with van der Waals surface area (Å²) in [5, 5.41) is 0. The standard InChI is InChI=1S/C16H16F2N2S/c17-13-7-6-12(15(18)10-13)11-20(9-8-16(19)21)14-4-2-1-3-5-14/h1-7,10H,8-9,11H2,(H2,19,21). The summed E-state index contributed by atoms with van der Waals surface area (Å²) in [7, 11) is 0. The summed E-state index contributed by atoms with van der Waals surface area (Å²) in [6.45, 7) is 0.912. The Morgan fingerprint density at radius 1 is 1.10 bits per heavy atom. The van der Waals surface area contributed by atoms with Gasteiger partial charge in [-0.3, -0.25) is 0 Å². The van der Waals surface area contributed by atoms with Crippen molar-refractivity contribution in [1.29, 1.82) is 0 Å². The smallest absolute Gasteiger partial charge is 0.131 e. The van der Waals surface area contributed by atoms with Gasteiger partial charge in [-0.05, 0) is 18.2 Å². The van der Waals surface area contributed by atoms with E-state index in [4.69, 9.17) is 18.0 Å². The number of nitrogens with two attached hydrogens (primary N) is 1. The minimum Gasteiger partial charge on any atom is -0.393 e. The average Bonchev–Trinajstić information content (AvgIpc) is 2.46. The van der Waals surface area contributed by atoms with Crippen LogP contribution < -0.4 is 10.6 Å². The van der Waals surface area contributed by atoms with Gasteiger partial charge in [0.15, 0.2) is 0 Å². The maximum Gasteiger partial charge on any atom is 0.131 e. The second-order valence-electron chi connectivity index (χ2n) is 4.71. The van der Waals surface area contributed by atoms with Crippen molar-refractivity contribution in [2.24, 2.45) is 5.73 Å². The number of thiocarbonyl (C=S) groups is 1. The molecule has 0 saturated heterocycles. The lowest BCUT2D eigenvalue weighted by Gasteiger charge is -2.25. The van der Waals surface area contributed by atoms with E-state index in [0.717, 1.165) is 11.8 Å². The van der Waals surface area contributed by atoms with Crippen molar-refractivity contribution in [1.82, 2.24) is 0 Å². The lowest BCUT2D eigenvalue weighted by Crippen LogP contribution is -2.27. The molecule has 0 fully saturated rings. The van der Waals surface area contributed by atoms with Crippen molar-refractivity contribution >= 4 is 22.9 Å². The maximum atomic E-state index is 13.8. The van der Waals surface area contributed by atoms with Gasteiger partial charge in [-0.25, -0.2) is 8.78 Å². The lowest BCUT2D eigenvalue weighted by atomic mass is 10.1. The highest BCUT2D eigenvalue weighted by molar-refractivity contribution is 7.80. The zero-order valence-electron chi connectivity index (χ0n) is 11.4. The molecule has 0 bridgehead atoms. The molecular formula is C16H16F2N2S. The van der Waals surface area contributed by atoms with Crippen molar-refractivity contribution in [3.05, 3.63) is 65.7 Å². The quantitative estimate of drug-likeness (QED) is 0.826. The van der Waals surface area contributed by atoms with E-state index < -0.39 is 11.6 Å². The molecule has 0 aliphatic heterocycles. The zero-order valence-corrected chi connectivity index (χ0v) is 12.2. The normalized spacial score (nSPS) is 10.4. The van der Waals surface area contributed by atoms with E-state index in [0.29, 0.717) is 30.1 Å². The molecule has 0 spiro atoms. The van der Waals surface area contributed by atoms with E-state index in [1.165, 1.54) is 12.1 Å². The van der Waals surface area contributed by atoms with Crippen LogP contribution >= 0.6 is 12.2 Å². The van der Waals surface area contributed by atoms with Gasteiger partial charge in [0.1, 0.15) is 11.6 Å². The fraction of sp³-hybridized carbons (Fsp3) is 0.188. The Balaban J connectivity index is 2.21. The number of halogens is 2. The number of para-hydroxylation sites is 1. The molecule has 0 amide bonds. The fourth-order valence-electron chi connectivity index (χ4n) is 2.04. The Labute approximate surface area is 128 Å². The van der Waals surface area contributed by atoms with E-state index in [9.17, 15) is 8.78 Å². The highest BCUT2D eigenvalue weighted by Gasteiger charge is 2.11. The zero-order chi connectivity index (χ0) is 15.2. The Morgan fingerprint density at radius 3 is 2.43 bits per heavy atom. The van der Waals surface area contributed by atoms with Crippen molar-refractivity contribution in [2.75, 3.05) is 11.4 Å². The van der Waals surface area contributed by atoms with Crippen LogP contribution in [0.5, 0.6) is 0 Å². The van der Waals surface area contributed by atoms with E-state index >= 15 is 0 Å². The number of benzene rings is 2. The summed E-state index contributed by atoms with van der Waals surface area (Å²) in [6.07, 6.45) is 0.535. The predicted octanol–water partition coefficient (Wildman–Crippen LogP) is 3.65. The predicted molar refractivity (Wildman–Crippen MR) is 85.3 cm³/mol. The number of hydrogen-bond donors (Lipinski definition) is 1. The lowest BCUT2D eigenvalue weighted by molar-refractivity contribution is 0.569. The Hall–Kier alpha value is -2.01. The summed E-state index contributed by atoms with van der Waals surface area (Å²) in [4.78, 5) is 2.38. The Kier molecular flexibility index (Phi) is 5.22. The molecule has 0 aliphatic rings. The second-order valence-corrected chi connectivity index (χ2v) is 5.23. The second kappa shape index (κ2) is 7.13. The maximum absolute atomic E-state index is 13.8. The Morgan fingerprint density at radius 2 is 1.81 bits per heavy atom. The molecule has 0 atom stereocenters. The molecule has 2 N–H and O–H groups in total. The van der Waals surface area contributed by atoms with Gasteiger partial charge in [-0.2, -0.15) is 0 Å². The van der Waals surface area contributed by atoms with Gasteiger partial charge in [0.05, 0.1) is 4.99 Å². The van der Waals surface area contributed by atoms with Crippen LogP contribution in [0.15, 0.2) is 48.5 Å². The first-order valence-corrected chi connectivity index (χ1v) is 6.99. The molecule has 5 heteroatoms. The first-order chi connectivity index (χ1) is 10.1. The van der Waals surface area contributed by atoms with E-state index in [1.807, 2.05) is 35.2 Å². The molecule has 0 unspecified atom stereocenters. The van der Waals surface area contributed by atoms with Crippen molar-refractivity contribution in [3.63, 3.8) is 0 Å². The molecule has 2 rings (SSSR count). The van der Waals surface area contributed by atoms with Crippen LogP contribution in [0, 0.1) is 11.6 Å². The van der Waals surface area contributed by atoms with Gasteiger partial charge < -0.3 is 10.6 Å². The van der Waals surface area contributed by atoms with Crippen molar-refractivity contribution in [2.45, 2.75) is 13.0 Å². The van der Waals surface area contributed by atoms with Crippen LogP contribution in [-0.4, -0.2) is 11.5 Å². The van der Waals surface area contributed by atoms with E-state index in [-0.39, 0.29) is 0 Å². The number of rotatable bonds is 6. The van der Waals surface area contributed by atoms with Crippen LogP contribution in [-0.2, 0) is 6.54 Å². The van der Waals surface area contributed by atoms with Gasteiger partial charge in [-0.1, -0.05) is 36.5 Å². The summed E-state index contributed by atoms with van der Waals surface area (Å²) < 4.78 is 26.8. The molecular weight excluding hydrogens is 290 g/mol. The van der Waals surface area contributed by atoms with Gasteiger partial charge in [0.2, 0.25) is 0 Å². The number of anilines is 1. The molecule has 0 saturated carbocycles. The first-order valence-electron chi connectivity index (χ1n) is 6.58. The minimum absolute atomic E-state index is 0.332. The van der Waals surface area contributed by atoms with Crippen molar-refractivity contribution in [3.8, 4) is 0 Å². The van der Waals surface area contributed by atoms with Crippen LogP contribution in [0.4, 0.5) is 14.5 Å². The average molecular weight is 306 g/mol. The molecule has 0 radical (unpaired) electrons. The van der Waals surface area contributed by atoms with E-state index in [1.54, 1.807) is 0 Å². The fourth-order valence-corrected chi connectivity index (χ4v) is 2.13. The first kappa shape index (κ1) is 15.4. The largest absolute Gasteiger partial charge is 0.393 e.